The van der Waals surface area contributed by atoms with E-state index in [1.807, 2.05) is 6.92 Å². The summed E-state index contributed by atoms with van der Waals surface area (Å²) in [4.78, 5) is 12.5. The monoisotopic (exact) mass is 436 g/mol. The molecule has 0 spiro atoms. The lowest BCUT2D eigenvalue weighted by Gasteiger charge is -2.31. The number of rotatable bonds is 7. The van der Waals surface area contributed by atoms with Crippen LogP contribution in [0.3, 0.4) is 0 Å². The quantitative estimate of drug-likeness (QED) is 0.720. The maximum atomic E-state index is 13.7. The largest absolute Gasteiger partial charge is 0.495 e. The molecule has 1 aliphatic rings. The number of carbonyl (C=O) groups is 1. The van der Waals surface area contributed by atoms with E-state index in [9.17, 15) is 17.6 Å². The molecule has 1 amide bonds. The van der Waals surface area contributed by atoms with Crippen LogP contribution in [0.15, 0.2) is 47.4 Å². The predicted molar refractivity (Wildman–Crippen MR) is 111 cm³/mol. The molecule has 1 atom stereocenters. The van der Waals surface area contributed by atoms with E-state index in [1.54, 1.807) is 24.3 Å². The molecule has 30 heavy (non-hydrogen) atoms. The summed E-state index contributed by atoms with van der Waals surface area (Å²) in [6, 6.07) is 10.3. The zero-order chi connectivity index (χ0) is 21.7. The van der Waals surface area contributed by atoms with Crippen molar-refractivity contribution < 1.29 is 27.1 Å². The molecule has 2 aromatic carbocycles. The van der Waals surface area contributed by atoms with Crippen molar-refractivity contribution in [2.75, 3.05) is 32.1 Å². The Hall–Kier alpha value is -2.65. The number of hydrogen-bond acceptors (Lipinski definition) is 5. The SMILES string of the molecule is CCOc1ccc(NC(=O)[C@H]2CCCN(S(=O)(=O)c3cc(F)ccc3OC)C2)cc1. The number of piperidine rings is 1. The van der Waals surface area contributed by atoms with Crippen LogP contribution in [0.25, 0.3) is 0 Å². The van der Waals surface area contributed by atoms with Crippen LogP contribution in [0.4, 0.5) is 10.1 Å². The van der Waals surface area contributed by atoms with Gasteiger partial charge in [-0.1, -0.05) is 0 Å². The van der Waals surface area contributed by atoms with Crippen LogP contribution in [-0.4, -0.2) is 45.4 Å². The van der Waals surface area contributed by atoms with E-state index in [1.165, 1.54) is 17.5 Å². The fourth-order valence-electron chi connectivity index (χ4n) is 3.41. The number of benzene rings is 2. The van der Waals surface area contributed by atoms with E-state index >= 15 is 0 Å². The summed E-state index contributed by atoms with van der Waals surface area (Å²) in [6.45, 7) is 2.71. The van der Waals surface area contributed by atoms with Crippen LogP contribution in [0.2, 0.25) is 0 Å². The van der Waals surface area contributed by atoms with Gasteiger partial charge >= 0.3 is 0 Å². The topological polar surface area (TPSA) is 84.9 Å². The number of ether oxygens (including phenoxy) is 2. The zero-order valence-electron chi connectivity index (χ0n) is 16.9. The summed E-state index contributed by atoms with van der Waals surface area (Å²) < 4.78 is 51.5. The van der Waals surface area contributed by atoms with E-state index in [2.05, 4.69) is 5.32 Å². The van der Waals surface area contributed by atoms with Gasteiger partial charge in [-0.25, -0.2) is 12.8 Å². The number of anilines is 1. The van der Waals surface area contributed by atoms with Gasteiger partial charge in [-0.05, 0) is 62.2 Å². The minimum Gasteiger partial charge on any atom is -0.495 e. The lowest BCUT2D eigenvalue weighted by molar-refractivity contribution is -0.120. The van der Waals surface area contributed by atoms with Crippen LogP contribution < -0.4 is 14.8 Å². The maximum Gasteiger partial charge on any atom is 0.246 e. The summed E-state index contributed by atoms with van der Waals surface area (Å²) >= 11 is 0. The predicted octanol–water partition coefficient (Wildman–Crippen LogP) is 3.27. The smallest absolute Gasteiger partial charge is 0.246 e. The summed E-state index contributed by atoms with van der Waals surface area (Å²) in [5.41, 5.74) is 0.607. The Morgan fingerprint density at radius 2 is 1.97 bits per heavy atom. The average Bonchev–Trinajstić information content (AvgIpc) is 2.75. The Morgan fingerprint density at radius 1 is 1.23 bits per heavy atom. The molecule has 2 aromatic rings. The summed E-state index contributed by atoms with van der Waals surface area (Å²) in [5, 5.41) is 2.82. The highest BCUT2D eigenvalue weighted by atomic mass is 32.2. The Bertz CT molecular complexity index is 995. The number of methoxy groups -OCH3 is 1. The molecular formula is C21H25FN2O5S. The van der Waals surface area contributed by atoms with Crippen LogP contribution >= 0.6 is 0 Å². The fraction of sp³-hybridized carbons (Fsp3) is 0.381. The summed E-state index contributed by atoms with van der Waals surface area (Å²) in [5.74, 6) is -0.673. The summed E-state index contributed by atoms with van der Waals surface area (Å²) in [6.07, 6.45) is 1.09. The third kappa shape index (κ3) is 4.91. The van der Waals surface area contributed by atoms with Crippen molar-refractivity contribution in [3.05, 3.63) is 48.3 Å². The number of hydrogen-bond donors (Lipinski definition) is 1. The lowest BCUT2D eigenvalue weighted by atomic mass is 9.99. The second kappa shape index (κ2) is 9.44. The van der Waals surface area contributed by atoms with Gasteiger partial charge in [0, 0.05) is 18.8 Å². The molecule has 0 aromatic heterocycles. The van der Waals surface area contributed by atoms with Gasteiger partial charge in [-0.2, -0.15) is 4.31 Å². The van der Waals surface area contributed by atoms with Crippen LogP contribution in [0.1, 0.15) is 19.8 Å². The Balaban J connectivity index is 1.73. The second-order valence-corrected chi connectivity index (χ2v) is 8.85. The Labute approximate surface area is 175 Å². The molecule has 162 valence electrons. The molecule has 1 N–H and O–H groups in total. The van der Waals surface area contributed by atoms with Crippen molar-refractivity contribution in [2.24, 2.45) is 5.92 Å². The van der Waals surface area contributed by atoms with Gasteiger partial charge in [0.2, 0.25) is 15.9 Å². The lowest BCUT2D eigenvalue weighted by Crippen LogP contribution is -2.43. The molecular weight excluding hydrogens is 411 g/mol. The van der Waals surface area contributed by atoms with Crippen LogP contribution in [-0.2, 0) is 14.8 Å². The minimum atomic E-state index is -4.01. The van der Waals surface area contributed by atoms with Crippen molar-refractivity contribution >= 4 is 21.6 Å². The van der Waals surface area contributed by atoms with Crippen molar-refractivity contribution in [2.45, 2.75) is 24.7 Å². The first kappa shape index (κ1) is 22.0. The van der Waals surface area contributed by atoms with E-state index in [0.29, 0.717) is 30.9 Å². The molecule has 3 rings (SSSR count). The highest BCUT2D eigenvalue weighted by molar-refractivity contribution is 7.89. The second-order valence-electron chi connectivity index (χ2n) is 6.94. The molecule has 0 saturated carbocycles. The molecule has 1 aliphatic heterocycles. The average molecular weight is 437 g/mol. The third-order valence-corrected chi connectivity index (χ3v) is 6.82. The third-order valence-electron chi connectivity index (χ3n) is 4.93. The number of sulfonamides is 1. The first-order valence-corrected chi connectivity index (χ1v) is 11.2. The number of nitrogens with zero attached hydrogens (tertiary/aromatic N) is 1. The maximum absolute atomic E-state index is 13.7. The van der Waals surface area contributed by atoms with Crippen molar-refractivity contribution in [3.8, 4) is 11.5 Å². The van der Waals surface area contributed by atoms with Crippen LogP contribution in [0, 0.1) is 11.7 Å². The number of carbonyl (C=O) groups excluding carboxylic acids is 1. The summed E-state index contributed by atoms with van der Waals surface area (Å²) in [7, 11) is -2.68. The number of nitrogens with one attached hydrogen (secondary N) is 1. The van der Waals surface area contributed by atoms with Crippen LogP contribution in [0.5, 0.6) is 11.5 Å². The van der Waals surface area contributed by atoms with Gasteiger partial charge in [0.25, 0.3) is 0 Å². The van der Waals surface area contributed by atoms with Gasteiger partial charge < -0.3 is 14.8 Å². The Kier molecular flexibility index (Phi) is 6.94. The van der Waals surface area contributed by atoms with E-state index < -0.39 is 21.8 Å². The molecule has 0 bridgehead atoms. The number of halogens is 1. The normalized spacial score (nSPS) is 17.4. The molecule has 1 fully saturated rings. The first-order chi connectivity index (χ1) is 14.3. The van der Waals surface area contributed by atoms with Gasteiger partial charge in [-0.15, -0.1) is 0 Å². The molecule has 1 heterocycles. The highest BCUT2D eigenvalue weighted by Gasteiger charge is 2.35. The van der Waals surface area contributed by atoms with Gasteiger partial charge in [-0.3, -0.25) is 4.79 Å². The highest BCUT2D eigenvalue weighted by Crippen LogP contribution is 2.30. The van der Waals surface area contributed by atoms with E-state index in [4.69, 9.17) is 9.47 Å². The molecule has 7 nitrogen and oxygen atoms in total. The van der Waals surface area contributed by atoms with Gasteiger partial charge in [0.15, 0.2) is 0 Å². The minimum absolute atomic E-state index is 0.0187. The fourth-order valence-corrected chi connectivity index (χ4v) is 5.10. The van der Waals surface area contributed by atoms with E-state index in [0.717, 1.165) is 12.1 Å². The molecule has 1 saturated heterocycles. The Morgan fingerprint density at radius 3 is 2.63 bits per heavy atom. The van der Waals surface area contributed by atoms with Gasteiger partial charge in [0.05, 0.1) is 19.6 Å². The molecule has 0 aliphatic carbocycles. The zero-order valence-corrected chi connectivity index (χ0v) is 17.7. The first-order valence-electron chi connectivity index (χ1n) is 9.72. The van der Waals surface area contributed by atoms with Crippen molar-refractivity contribution in [1.29, 1.82) is 0 Å². The molecule has 0 radical (unpaired) electrons. The number of amides is 1. The van der Waals surface area contributed by atoms with Gasteiger partial charge in [0.1, 0.15) is 22.2 Å². The molecule has 9 heteroatoms. The standard InChI is InChI=1S/C21H25FN2O5S/c1-3-29-18-9-7-17(8-10-18)23-21(25)15-5-4-12-24(14-15)30(26,27)20-13-16(22)6-11-19(20)28-2/h6-11,13,15H,3-5,12,14H2,1-2H3,(H,23,25)/t15-/m0/s1. The molecule has 0 unspecified atom stereocenters. The van der Waals surface area contributed by atoms with Crippen molar-refractivity contribution in [3.63, 3.8) is 0 Å². The van der Waals surface area contributed by atoms with E-state index in [-0.39, 0.29) is 29.6 Å². The van der Waals surface area contributed by atoms with Crippen molar-refractivity contribution in [1.82, 2.24) is 4.31 Å².